The van der Waals surface area contributed by atoms with Gasteiger partial charge in [-0.25, -0.2) is 0 Å². The van der Waals surface area contributed by atoms with Gasteiger partial charge in [0.2, 0.25) is 0 Å². The van der Waals surface area contributed by atoms with Crippen LogP contribution in [0.2, 0.25) is 0 Å². The van der Waals surface area contributed by atoms with Crippen LogP contribution in [0.3, 0.4) is 0 Å². The molecular weight excluding hydrogens is 332 g/mol. The highest BCUT2D eigenvalue weighted by molar-refractivity contribution is 7.12. The van der Waals surface area contributed by atoms with Crippen molar-refractivity contribution < 1.29 is 9.63 Å². The molecule has 1 aromatic carbocycles. The summed E-state index contributed by atoms with van der Waals surface area (Å²) < 4.78 is 0. The number of benzene rings is 1. The topological polar surface area (TPSA) is 50.7 Å². The van der Waals surface area contributed by atoms with Gasteiger partial charge in [-0.1, -0.05) is 57.1 Å². The molecule has 0 radical (unpaired) electrons. The molecule has 1 amide bonds. The van der Waals surface area contributed by atoms with Gasteiger partial charge in [-0.05, 0) is 41.3 Å². The molecule has 0 fully saturated rings. The van der Waals surface area contributed by atoms with E-state index in [1.165, 1.54) is 0 Å². The summed E-state index contributed by atoms with van der Waals surface area (Å²) in [6.45, 7) is 10.3. The minimum Gasteiger partial charge on any atom is -0.385 e. The van der Waals surface area contributed by atoms with Crippen LogP contribution in [0, 0.1) is 0 Å². The molecule has 5 heteroatoms. The number of nitrogens with zero attached hydrogens (tertiary/aromatic N) is 1. The van der Waals surface area contributed by atoms with Crippen molar-refractivity contribution in [2.24, 2.45) is 5.16 Å². The molecule has 134 valence electrons. The molecular formula is C20H26N2O2S. The third kappa shape index (κ3) is 5.16. The molecule has 25 heavy (non-hydrogen) atoms. The van der Waals surface area contributed by atoms with E-state index in [9.17, 15) is 4.79 Å². The second-order valence-electron chi connectivity index (χ2n) is 6.60. The Kier molecular flexibility index (Phi) is 6.76. The quantitative estimate of drug-likeness (QED) is 0.534. The Morgan fingerprint density at radius 3 is 2.28 bits per heavy atom. The number of para-hydroxylation sites is 1. The number of carbonyl (C=O) groups excluding carboxylic acids is 1. The van der Waals surface area contributed by atoms with E-state index in [2.05, 4.69) is 50.3 Å². The van der Waals surface area contributed by atoms with Crippen LogP contribution in [-0.4, -0.2) is 18.2 Å². The maximum Gasteiger partial charge on any atom is 0.265 e. The average Bonchev–Trinajstić information content (AvgIpc) is 3.09. The highest BCUT2D eigenvalue weighted by Gasteiger charge is 2.16. The molecule has 4 nitrogen and oxygen atoms in total. The predicted molar refractivity (Wildman–Crippen MR) is 106 cm³/mol. The number of thiophene rings is 1. The van der Waals surface area contributed by atoms with E-state index >= 15 is 0 Å². The van der Waals surface area contributed by atoms with Gasteiger partial charge in [0.15, 0.2) is 6.61 Å². The van der Waals surface area contributed by atoms with Crippen molar-refractivity contribution in [2.45, 2.75) is 46.5 Å². The number of nitrogens with one attached hydrogen (secondary N) is 1. The van der Waals surface area contributed by atoms with Crippen LogP contribution in [0.4, 0.5) is 5.69 Å². The fourth-order valence-corrected chi connectivity index (χ4v) is 3.26. The second kappa shape index (κ2) is 8.81. The van der Waals surface area contributed by atoms with Crippen LogP contribution in [0.5, 0.6) is 0 Å². The molecule has 0 saturated heterocycles. The molecule has 0 unspecified atom stereocenters. The van der Waals surface area contributed by atoms with Gasteiger partial charge in [-0.15, -0.1) is 11.3 Å². The summed E-state index contributed by atoms with van der Waals surface area (Å²) in [5.74, 6) is 0.459. The Morgan fingerprint density at radius 2 is 1.76 bits per heavy atom. The molecule has 0 bridgehead atoms. The first-order chi connectivity index (χ1) is 11.9. The van der Waals surface area contributed by atoms with Gasteiger partial charge in [0.1, 0.15) is 0 Å². The van der Waals surface area contributed by atoms with E-state index in [0.717, 1.165) is 27.4 Å². The van der Waals surface area contributed by atoms with Gasteiger partial charge in [-0.2, -0.15) is 0 Å². The summed E-state index contributed by atoms with van der Waals surface area (Å²) in [5, 5.41) is 9.03. The fourth-order valence-electron chi connectivity index (χ4n) is 2.59. The van der Waals surface area contributed by atoms with Gasteiger partial charge in [0.25, 0.3) is 5.91 Å². The van der Waals surface area contributed by atoms with Crippen molar-refractivity contribution >= 4 is 28.6 Å². The molecule has 0 aliphatic rings. The minimum absolute atomic E-state index is 0.104. The highest BCUT2D eigenvalue weighted by atomic mass is 32.1. The van der Waals surface area contributed by atoms with Gasteiger partial charge in [0.05, 0.1) is 10.6 Å². The normalized spacial score (nSPS) is 11.9. The Balaban J connectivity index is 2.06. The third-order valence-corrected chi connectivity index (χ3v) is 4.89. The lowest BCUT2D eigenvalue weighted by Crippen LogP contribution is -2.20. The third-order valence-electron chi connectivity index (χ3n) is 3.91. The van der Waals surface area contributed by atoms with E-state index in [4.69, 9.17) is 4.84 Å². The average molecular weight is 359 g/mol. The number of hydrogen-bond acceptors (Lipinski definition) is 4. The van der Waals surface area contributed by atoms with E-state index in [1.807, 2.05) is 30.5 Å². The largest absolute Gasteiger partial charge is 0.385 e. The number of oxime groups is 1. The standard InChI is InChI=1S/C20H26N2O2S/c1-13(2)16-8-6-9-17(14(3)4)20(16)21-19(23)12-24-22-15(5)18-10-7-11-25-18/h6-11,13-14H,12H2,1-5H3,(H,21,23). The van der Waals surface area contributed by atoms with Gasteiger partial charge < -0.3 is 10.2 Å². The lowest BCUT2D eigenvalue weighted by atomic mass is 9.92. The number of carbonyl (C=O) groups is 1. The Morgan fingerprint density at radius 1 is 1.12 bits per heavy atom. The van der Waals surface area contributed by atoms with Crippen LogP contribution in [0.25, 0.3) is 0 Å². The Bertz CT molecular complexity index is 708. The monoisotopic (exact) mass is 358 g/mol. The van der Waals surface area contributed by atoms with Crippen molar-refractivity contribution in [3.63, 3.8) is 0 Å². The molecule has 0 spiro atoms. The smallest absolute Gasteiger partial charge is 0.265 e. The maximum absolute atomic E-state index is 12.3. The molecule has 1 N–H and O–H groups in total. The molecule has 1 aromatic heterocycles. The van der Waals surface area contributed by atoms with Crippen molar-refractivity contribution in [3.05, 3.63) is 51.7 Å². The lowest BCUT2D eigenvalue weighted by Gasteiger charge is -2.20. The zero-order valence-electron chi connectivity index (χ0n) is 15.5. The maximum atomic E-state index is 12.3. The second-order valence-corrected chi connectivity index (χ2v) is 7.54. The van der Waals surface area contributed by atoms with Gasteiger partial charge in [0, 0.05) is 5.69 Å². The summed E-state index contributed by atoms with van der Waals surface area (Å²) in [6, 6.07) is 10.1. The van der Waals surface area contributed by atoms with Crippen LogP contribution in [0.15, 0.2) is 40.9 Å². The van der Waals surface area contributed by atoms with E-state index in [-0.39, 0.29) is 12.5 Å². The summed E-state index contributed by atoms with van der Waals surface area (Å²) >= 11 is 1.59. The lowest BCUT2D eigenvalue weighted by molar-refractivity contribution is -0.120. The number of amides is 1. The summed E-state index contributed by atoms with van der Waals surface area (Å²) in [5.41, 5.74) is 3.95. The van der Waals surface area contributed by atoms with Crippen molar-refractivity contribution in [1.82, 2.24) is 0 Å². The molecule has 2 rings (SSSR count). The molecule has 0 aliphatic heterocycles. The van der Waals surface area contributed by atoms with Crippen LogP contribution < -0.4 is 5.32 Å². The molecule has 0 aliphatic carbocycles. The number of anilines is 1. The van der Waals surface area contributed by atoms with Gasteiger partial charge in [-0.3, -0.25) is 4.79 Å². The Hall–Kier alpha value is -2.14. The molecule has 0 saturated carbocycles. The van der Waals surface area contributed by atoms with Crippen LogP contribution in [-0.2, 0) is 9.63 Å². The summed E-state index contributed by atoms with van der Waals surface area (Å²) in [7, 11) is 0. The molecule has 0 atom stereocenters. The zero-order chi connectivity index (χ0) is 18.4. The first-order valence-corrected chi connectivity index (χ1v) is 9.41. The first kappa shape index (κ1) is 19.2. The van der Waals surface area contributed by atoms with Crippen molar-refractivity contribution in [1.29, 1.82) is 0 Å². The van der Waals surface area contributed by atoms with Crippen molar-refractivity contribution in [3.8, 4) is 0 Å². The minimum atomic E-state index is -0.197. The zero-order valence-corrected chi connectivity index (χ0v) is 16.3. The summed E-state index contributed by atoms with van der Waals surface area (Å²) in [6.07, 6.45) is 0. The summed E-state index contributed by atoms with van der Waals surface area (Å²) in [4.78, 5) is 18.6. The first-order valence-electron chi connectivity index (χ1n) is 8.53. The molecule has 2 aromatic rings. The van der Waals surface area contributed by atoms with Crippen LogP contribution >= 0.6 is 11.3 Å². The Labute approximate surface area is 153 Å². The van der Waals surface area contributed by atoms with E-state index in [1.54, 1.807) is 11.3 Å². The van der Waals surface area contributed by atoms with E-state index in [0.29, 0.717) is 11.8 Å². The number of hydrogen-bond donors (Lipinski definition) is 1. The molecule has 1 heterocycles. The van der Waals surface area contributed by atoms with Crippen LogP contribution in [0.1, 0.15) is 62.5 Å². The SMILES string of the molecule is CC(=NOCC(=O)Nc1c(C(C)C)cccc1C(C)C)c1cccs1. The van der Waals surface area contributed by atoms with Crippen molar-refractivity contribution in [2.75, 3.05) is 11.9 Å². The van der Waals surface area contributed by atoms with E-state index < -0.39 is 0 Å². The van der Waals surface area contributed by atoms with Gasteiger partial charge >= 0.3 is 0 Å². The predicted octanol–water partition coefficient (Wildman–Crippen LogP) is 5.37. The fraction of sp³-hybridized carbons (Fsp3) is 0.400. The highest BCUT2D eigenvalue weighted by Crippen LogP contribution is 2.32. The number of rotatable bonds is 7.